The van der Waals surface area contributed by atoms with Crippen LogP contribution in [0.25, 0.3) is 11.4 Å². The molecule has 0 radical (unpaired) electrons. The van der Waals surface area contributed by atoms with E-state index in [-0.39, 0.29) is 11.6 Å². The number of benzene rings is 1. The lowest BCUT2D eigenvalue weighted by atomic mass is 10.2. The first-order chi connectivity index (χ1) is 10.1. The van der Waals surface area contributed by atoms with Crippen molar-refractivity contribution in [1.82, 2.24) is 14.5 Å². The number of aromatic nitrogens is 3. The summed E-state index contributed by atoms with van der Waals surface area (Å²) in [7, 11) is 0. The molecule has 2 rings (SSSR count). The Hall–Kier alpha value is -1.92. The molecule has 1 heterocycles. The average molecular weight is 308 g/mol. The van der Waals surface area contributed by atoms with Gasteiger partial charge in [0.2, 0.25) is 5.95 Å². The molecule has 0 aliphatic rings. The normalized spacial score (nSPS) is 10.7. The lowest BCUT2D eigenvalue weighted by molar-refractivity contribution is 0.669. The maximum atomic E-state index is 12.2. The molecular formula is C14H18ClN5O. The summed E-state index contributed by atoms with van der Waals surface area (Å²) < 4.78 is 1.48. The molecule has 0 bridgehead atoms. The van der Waals surface area contributed by atoms with E-state index in [1.165, 1.54) is 9.58 Å². The van der Waals surface area contributed by atoms with Crippen molar-refractivity contribution in [3.8, 4) is 11.4 Å². The van der Waals surface area contributed by atoms with Crippen LogP contribution in [0.15, 0.2) is 29.1 Å². The van der Waals surface area contributed by atoms with E-state index in [0.717, 1.165) is 6.42 Å². The van der Waals surface area contributed by atoms with E-state index >= 15 is 0 Å². The third-order valence-electron chi connectivity index (χ3n) is 3.04. The number of nitrogens with two attached hydrogens (primary N) is 1. The largest absolute Gasteiger partial charge is 0.352 e. The Morgan fingerprint density at radius 3 is 2.62 bits per heavy atom. The average Bonchev–Trinajstić information content (AvgIpc) is 2.47. The summed E-state index contributed by atoms with van der Waals surface area (Å²) in [5, 5.41) is 1.91. The number of hydrazine groups is 1. The summed E-state index contributed by atoms with van der Waals surface area (Å²) in [5.41, 5.74) is 0.302. The summed E-state index contributed by atoms with van der Waals surface area (Å²) in [6.07, 6.45) is 0.831. The Balaban J connectivity index is 2.63. The Morgan fingerprint density at radius 2 is 2.00 bits per heavy atom. The summed E-state index contributed by atoms with van der Waals surface area (Å²) >= 11 is 6.21. The van der Waals surface area contributed by atoms with Crippen molar-refractivity contribution in [2.45, 2.75) is 26.8 Å². The van der Waals surface area contributed by atoms with Crippen molar-refractivity contribution < 1.29 is 0 Å². The van der Waals surface area contributed by atoms with Crippen LogP contribution in [0, 0.1) is 0 Å². The molecule has 0 saturated carbocycles. The topological polar surface area (TPSA) is 77.0 Å². The molecule has 0 atom stereocenters. The smallest absolute Gasteiger partial charge is 0.279 e. The highest BCUT2D eigenvalue weighted by molar-refractivity contribution is 6.33. The molecule has 2 N–H and O–H groups in total. The van der Waals surface area contributed by atoms with Gasteiger partial charge in [0.15, 0.2) is 0 Å². The molecule has 112 valence electrons. The van der Waals surface area contributed by atoms with E-state index in [0.29, 0.717) is 29.5 Å². The quantitative estimate of drug-likeness (QED) is 0.676. The first kappa shape index (κ1) is 15.5. The molecule has 21 heavy (non-hydrogen) atoms. The molecule has 0 aliphatic carbocycles. The molecule has 0 unspecified atom stereocenters. The monoisotopic (exact) mass is 307 g/mol. The van der Waals surface area contributed by atoms with Crippen LogP contribution < -0.4 is 16.5 Å². The molecule has 2 aromatic rings. The van der Waals surface area contributed by atoms with Crippen molar-refractivity contribution in [1.29, 1.82) is 0 Å². The molecule has 0 amide bonds. The van der Waals surface area contributed by atoms with Gasteiger partial charge in [-0.25, -0.2) is 10.6 Å². The van der Waals surface area contributed by atoms with Crippen LogP contribution in [0.2, 0.25) is 5.02 Å². The SMILES string of the molecule is CCCN(N)c1nc(-c2ccccc2Cl)n(CC)c(=O)n1. The number of nitrogens with zero attached hydrogens (tertiary/aromatic N) is 4. The fraction of sp³-hybridized carbons (Fsp3) is 0.357. The van der Waals surface area contributed by atoms with Gasteiger partial charge in [-0.1, -0.05) is 30.7 Å². The zero-order valence-corrected chi connectivity index (χ0v) is 12.8. The second-order valence-corrected chi connectivity index (χ2v) is 4.95. The van der Waals surface area contributed by atoms with E-state index in [9.17, 15) is 4.79 Å². The number of anilines is 1. The van der Waals surface area contributed by atoms with E-state index in [2.05, 4.69) is 9.97 Å². The summed E-state index contributed by atoms with van der Waals surface area (Å²) in [4.78, 5) is 20.5. The minimum absolute atomic E-state index is 0.210. The lowest BCUT2D eigenvalue weighted by Crippen LogP contribution is -2.37. The molecule has 0 spiro atoms. The van der Waals surface area contributed by atoms with Crippen molar-refractivity contribution in [3.05, 3.63) is 39.8 Å². The predicted octanol–water partition coefficient (Wildman–Crippen LogP) is 2.07. The van der Waals surface area contributed by atoms with E-state index < -0.39 is 0 Å². The van der Waals surface area contributed by atoms with Gasteiger partial charge in [0.25, 0.3) is 0 Å². The van der Waals surface area contributed by atoms with E-state index in [4.69, 9.17) is 17.4 Å². The van der Waals surface area contributed by atoms with Crippen LogP contribution in [0.1, 0.15) is 20.3 Å². The molecule has 0 fully saturated rings. The standard InChI is InChI=1S/C14H18ClN5O/c1-3-9-20(16)13-17-12(19(4-2)14(21)18-13)10-7-5-6-8-11(10)15/h5-8H,3-4,9,16H2,1-2H3. The first-order valence-corrected chi connectivity index (χ1v) is 7.22. The summed E-state index contributed by atoms with van der Waals surface area (Å²) in [6.45, 7) is 4.87. The van der Waals surface area contributed by atoms with Gasteiger partial charge in [-0.05, 0) is 25.5 Å². The minimum Gasteiger partial charge on any atom is -0.279 e. The highest BCUT2D eigenvalue weighted by Crippen LogP contribution is 2.25. The van der Waals surface area contributed by atoms with Crippen LogP contribution >= 0.6 is 11.6 Å². The number of halogens is 1. The lowest BCUT2D eigenvalue weighted by Gasteiger charge is -2.18. The fourth-order valence-corrected chi connectivity index (χ4v) is 2.24. The molecule has 0 saturated heterocycles. The molecule has 7 heteroatoms. The maximum absolute atomic E-state index is 12.2. The Bertz CT molecular complexity index is 685. The Labute approximate surface area is 128 Å². The van der Waals surface area contributed by atoms with Gasteiger partial charge in [0, 0.05) is 18.7 Å². The third kappa shape index (κ3) is 3.22. The van der Waals surface area contributed by atoms with Crippen molar-refractivity contribution in [2.75, 3.05) is 11.6 Å². The first-order valence-electron chi connectivity index (χ1n) is 6.84. The summed E-state index contributed by atoms with van der Waals surface area (Å²) in [6, 6.07) is 7.25. The highest BCUT2D eigenvalue weighted by Gasteiger charge is 2.15. The second-order valence-electron chi connectivity index (χ2n) is 4.55. The van der Waals surface area contributed by atoms with Gasteiger partial charge in [-0.3, -0.25) is 9.58 Å². The molecule has 6 nitrogen and oxygen atoms in total. The zero-order valence-electron chi connectivity index (χ0n) is 12.1. The molecule has 0 aliphatic heterocycles. The number of hydrogen-bond donors (Lipinski definition) is 1. The van der Waals surface area contributed by atoms with Crippen molar-refractivity contribution >= 4 is 17.5 Å². The van der Waals surface area contributed by atoms with Crippen LogP contribution in [-0.2, 0) is 6.54 Å². The van der Waals surface area contributed by atoms with Gasteiger partial charge in [0.1, 0.15) is 5.82 Å². The zero-order chi connectivity index (χ0) is 15.4. The van der Waals surface area contributed by atoms with Crippen LogP contribution in [0.5, 0.6) is 0 Å². The van der Waals surface area contributed by atoms with Crippen molar-refractivity contribution in [2.24, 2.45) is 5.84 Å². The number of hydrogen-bond acceptors (Lipinski definition) is 5. The van der Waals surface area contributed by atoms with Gasteiger partial charge in [-0.15, -0.1) is 0 Å². The van der Waals surface area contributed by atoms with Crippen molar-refractivity contribution in [3.63, 3.8) is 0 Å². The van der Waals surface area contributed by atoms with E-state index in [1.54, 1.807) is 6.07 Å². The van der Waals surface area contributed by atoms with Gasteiger partial charge < -0.3 is 0 Å². The van der Waals surface area contributed by atoms with E-state index in [1.807, 2.05) is 32.0 Å². The molecule has 1 aromatic heterocycles. The van der Waals surface area contributed by atoms with Crippen LogP contribution in [0.4, 0.5) is 5.95 Å². The highest BCUT2D eigenvalue weighted by atomic mass is 35.5. The van der Waals surface area contributed by atoms with Gasteiger partial charge in [-0.2, -0.15) is 9.97 Å². The third-order valence-corrected chi connectivity index (χ3v) is 3.37. The summed E-state index contributed by atoms with van der Waals surface area (Å²) in [5.74, 6) is 6.56. The molecular weight excluding hydrogens is 290 g/mol. The molecule has 1 aromatic carbocycles. The fourth-order valence-electron chi connectivity index (χ4n) is 2.02. The maximum Gasteiger partial charge on any atom is 0.352 e. The van der Waals surface area contributed by atoms with Crippen LogP contribution in [-0.4, -0.2) is 21.1 Å². The Kier molecular flexibility index (Phi) is 4.93. The second kappa shape index (κ2) is 6.69. The van der Waals surface area contributed by atoms with Crippen LogP contribution in [0.3, 0.4) is 0 Å². The van der Waals surface area contributed by atoms with Gasteiger partial charge in [0.05, 0.1) is 5.02 Å². The Morgan fingerprint density at radius 1 is 1.29 bits per heavy atom. The van der Waals surface area contributed by atoms with Gasteiger partial charge >= 0.3 is 5.69 Å². The number of rotatable bonds is 5. The predicted molar refractivity (Wildman–Crippen MR) is 84.2 cm³/mol. The minimum atomic E-state index is -0.385.